The van der Waals surface area contributed by atoms with Gasteiger partial charge in [-0.15, -0.1) is 0 Å². The van der Waals surface area contributed by atoms with E-state index in [2.05, 4.69) is 22.2 Å². The van der Waals surface area contributed by atoms with Crippen molar-refractivity contribution in [2.45, 2.75) is 26.3 Å². The highest BCUT2D eigenvalue weighted by atomic mass is 19.1. The predicted molar refractivity (Wildman–Crippen MR) is 87.8 cm³/mol. The van der Waals surface area contributed by atoms with Gasteiger partial charge < -0.3 is 10.2 Å². The number of aromatic nitrogens is 2. The van der Waals surface area contributed by atoms with Gasteiger partial charge in [0.25, 0.3) is 5.91 Å². The third kappa shape index (κ3) is 5.02. The summed E-state index contributed by atoms with van der Waals surface area (Å²) in [4.78, 5) is 22.5. The van der Waals surface area contributed by atoms with Crippen LogP contribution in [0.25, 0.3) is 0 Å². The van der Waals surface area contributed by atoms with Crippen LogP contribution in [0, 0.1) is 5.82 Å². The van der Waals surface area contributed by atoms with Crippen molar-refractivity contribution in [3.05, 3.63) is 53.7 Å². The molecule has 1 aromatic carbocycles. The first-order valence-corrected chi connectivity index (χ1v) is 7.66. The molecule has 1 amide bonds. The Kier molecular flexibility index (Phi) is 6.02. The van der Waals surface area contributed by atoms with Gasteiger partial charge in [-0.05, 0) is 24.1 Å². The van der Waals surface area contributed by atoms with E-state index >= 15 is 0 Å². The lowest BCUT2D eigenvalue weighted by Crippen LogP contribution is -2.25. The first-order valence-electron chi connectivity index (χ1n) is 7.66. The van der Waals surface area contributed by atoms with Gasteiger partial charge in [-0.3, -0.25) is 4.79 Å². The molecule has 0 aliphatic heterocycles. The van der Waals surface area contributed by atoms with Crippen molar-refractivity contribution in [3.8, 4) is 0 Å². The van der Waals surface area contributed by atoms with Gasteiger partial charge in [0, 0.05) is 20.1 Å². The van der Waals surface area contributed by atoms with Crippen molar-refractivity contribution in [2.24, 2.45) is 0 Å². The van der Waals surface area contributed by atoms with Gasteiger partial charge >= 0.3 is 0 Å². The van der Waals surface area contributed by atoms with Crippen molar-refractivity contribution in [1.82, 2.24) is 15.3 Å². The Labute approximate surface area is 135 Å². The highest BCUT2D eigenvalue weighted by Crippen LogP contribution is 2.08. The lowest BCUT2D eigenvalue weighted by atomic mass is 10.2. The predicted octanol–water partition coefficient (Wildman–Crippen LogP) is 2.78. The Bertz CT molecular complexity index is 628. The average Bonchev–Trinajstić information content (AvgIpc) is 2.59. The second-order valence-corrected chi connectivity index (χ2v) is 5.34. The van der Waals surface area contributed by atoms with Crippen LogP contribution in [0.2, 0.25) is 0 Å². The summed E-state index contributed by atoms with van der Waals surface area (Å²) in [5.41, 5.74) is 1.09. The van der Waals surface area contributed by atoms with E-state index in [0.29, 0.717) is 6.54 Å². The Morgan fingerprint density at radius 2 is 1.96 bits per heavy atom. The minimum absolute atomic E-state index is 0.264. The molecule has 0 saturated heterocycles. The van der Waals surface area contributed by atoms with E-state index in [9.17, 15) is 9.18 Å². The Balaban J connectivity index is 1.90. The standard InChI is InChI=1S/C17H21FN4O/c1-3-4-9-22(2)16-12-19-15(11-20-16)17(23)21-10-13-5-7-14(18)8-6-13/h5-8,11-12H,3-4,9-10H2,1-2H3,(H,21,23). The molecule has 0 aliphatic carbocycles. The van der Waals surface area contributed by atoms with Gasteiger partial charge in [0.15, 0.2) is 0 Å². The van der Waals surface area contributed by atoms with Crippen molar-refractivity contribution in [3.63, 3.8) is 0 Å². The van der Waals surface area contributed by atoms with E-state index < -0.39 is 0 Å². The maximum Gasteiger partial charge on any atom is 0.271 e. The van der Waals surface area contributed by atoms with Crippen LogP contribution in [0.5, 0.6) is 0 Å². The maximum atomic E-state index is 12.8. The smallest absolute Gasteiger partial charge is 0.271 e. The van der Waals surface area contributed by atoms with Gasteiger partial charge in [-0.25, -0.2) is 14.4 Å². The van der Waals surface area contributed by atoms with Crippen molar-refractivity contribution in [2.75, 3.05) is 18.5 Å². The molecular weight excluding hydrogens is 295 g/mol. The number of benzene rings is 1. The zero-order valence-electron chi connectivity index (χ0n) is 13.4. The fourth-order valence-corrected chi connectivity index (χ4v) is 2.02. The molecule has 0 radical (unpaired) electrons. The zero-order valence-corrected chi connectivity index (χ0v) is 13.4. The molecule has 5 nitrogen and oxygen atoms in total. The number of unbranched alkanes of at least 4 members (excludes halogenated alkanes) is 1. The quantitative estimate of drug-likeness (QED) is 0.853. The van der Waals surface area contributed by atoms with Crippen LogP contribution >= 0.6 is 0 Å². The summed E-state index contributed by atoms with van der Waals surface area (Å²) in [6, 6.07) is 5.99. The number of carbonyl (C=O) groups excluding carboxylic acids is 1. The van der Waals surface area contributed by atoms with Crippen LogP contribution in [0.4, 0.5) is 10.2 Å². The number of rotatable bonds is 7. The van der Waals surface area contributed by atoms with Crippen LogP contribution < -0.4 is 10.2 Å². The van der Waals surface area contributed by atoms with Gasteiger partial charge in [0.05, 0.1) is 12.4 Å². The summed E-state index contributed by atoms with van der Waals surface area (Å²) >= 11 is 0. The van der Waals surface area contributed by atoms with E-state index in [0.717, 1.165) is 30.8 Å². The molecule has 0 fully saturated rings. The maximum absolute atomic E-state index is 12.8. The Hall–Kier alpha value is -2.50. The van der Waals surface area contributed by atoms with Crippen LogP contribution in [0.15, 0.2) is 36.7 Å². The fraction of sp³-hybridized carbons (Fsp3) is 0.353. The average molecular weight is 316 g/mol. The number of hydrogen-bond acceptors (Lipinski definition) is 4. The highest BCUT2D eigenvalue weighted by Gasteiger charge is 2.09. The number of amides is 1. The number of hydrogen-bond donors (Lipinski definition) is 1. The molecule has 0 aliphatic rings. The van der Waals surface area contributed by atoms with Crippen molar-refractivity contribution in [1.29, 1.82) is 0 Å². The summed E-state index contributed by atoms with van der Waals surface area (Å²) in [5.74, 6) is 0.145. The molecule has 0 spiro atoms. The molecule has 2 rings (SSSR count). The first-order chi connectivity index (χ1) is 11.1. The Morgan fingerprint density at radius 3 is 2.57 bits per heavy atom. The SMILES string of the molecule is CCCCN(C)c1cnc(C(=O)NCc2ccc(F)cc2)cn1. The van der Waals surface area contributed by atoms with E-state index in [1.807, 2.05) is 11.9 Å². The van der Waals surface area contributed by atoms with E-state index in [1.54, 1.807) is 18.3 Å². The summed E-state index contributed by atoms with van der Waals surface area (Å²) < 4.78 is 12.8. The lowest BCUT2D eigenvalue weighted by molar-refractivity contribution is 0.0945. The summed E-state index contributed by atoms with van der Waals surface area (Å²) in [6.45, 7) is 3.36. The lowest BCUT2D eigenvalue weighted by Gasteiger charge is -2.17. The molecule has 2 aromatic rings. The van der Waals surface area contributed by atoms with E-state index in [4.69, 9.17) is 0 Å². The van der Waals surface area contributed by atoms with Crippen LogP contribution in [0.3, 0.4) is 0 Å². The molecule has 1 heterocycles. The topological polar surface area (TPSA) is 58.1 Å². The highest BCUT2D eigenvalue weighted by molar-refractivity contribution is 5.91. The number of anilines is 1. The van der Waals surface area contributed by atoms with E-state index in [-0.39, 0.29) is 17.4 Å². The third-order valence-corrected chi connectivity index (χ3v) is 3.48. The molecule has 0 unspecified atom stereocenters. The largest absolute Gasteiger partial charge is 0.358 e. The summed E-state index contributed by atoms with van der Waals surface area (Å²) in [6.07, 6.45) is 5.26. The van der Waals surface area contributed by atoms with Crippen LogP contribution in [-0.2, 0) is 6.54 Å². The van der Waals surface area contributed by atoms with Crippen LogP contribution in [0.1, 0.15) is 35.8 Å². The molecule has 6 heteroatoms. The molecule has 0 saturated carbocycles. The summed E-state index contributed by atoms with van der Waals surface area (Å²) in [7, 11) is 1.95. The number of carbonyl (C=O) groups is 1. The van der Waals surface area contributed by atoms with E-state index in [1.165, 1.54) is 18.3 Å². The fourth-order valence-electron chi connectivity index (χ4n) is 2.02. The third-order valence-electron chi connectivity index (χ3n) is 3.48. The number of nitrogens with zero attached hydrogens (tertiary/aromatic N) is 3. The van der Waals surface area contributed by atoms with Crippen LogP contribution in [-0.4, -0.2) is 29.5 Å². The van der Waals surface area contributed by atoms with Crippen molar-refractivity contribution >= 4 is 11.7 Å². The second-order valence-electron chi connectivity index (χ2n) is 5.34. The molecule has 0 bridgehead atoms. The summed E-state index contributed by atoms with van der Waals surface area (Å²) in [5, 5.41) is 2.74. The molecule has 122 valence electrons. The molecule has 1 aromatic heterocycles. The minimum atomic E-state index is -0.301. The molecule has 23 heavy (non-hydrogen) atoms. The molecule has 1 N–H and O–H groups in total. The zero-order chi connectivity index (χ0) is 16.7. The normalized spacial score (nSPS) is 10.4. The van der Waals surface area contributed by atoms with Gasteiger partial charge in [0.1, 0.15) is 17.3 Å². The monoisotopic (exact) mass is 316 g/mol. The number of nitrogens with one attached hydrogen (secondary N) is 1. The van der Waals surface area contributed by atoms with Crippen molar-refractivity contribution < 1.29 is 9.18 Å². The molecular formula is C17H21FN4O. The molecule has 0 atom stereocenters. The van der Waals surface area contributed by atoms with Gasteiger partial charge in [0.2, 0.25) is 0 Å². The van der Waals surface area contributed by atoms with Gasteiger partial charge in [-0.1, -0.05) is 25.5 Å². The second kappa shape index (κ2) is 8.22. The first kappa shape index (κ1) is 16.9. The Morgan fingerprint density at radius 1 is 1.22 bits per heavy atom. The van der Waals surface area contributed by atoms with Gasteiger partial charge in [-0.2, -0.15) is 0 Å². The minimum Gasteiger partial charge on any atom is -0.358 e. The number of halogens is 1.